The van der Waals surface area contributed by atoms with Crippen LogP contribution in [0.5, 0.6) is 0 Å². The molecule has 0 saturated heterocycles. The maximum Gasteiger partial charge on any atom is 0.293 e. The van der Waals surface area contributed by atoms with Crippen molar-refractivity contribution in [1.29, 1.82) is 0 Å². The Morgan fingerprint density at radius 1 is 0.964 bits per heavy atom. The molecule has 1 atom stereocenters. The zero-order valence-electron chi connectivity index (χ0n) is 15.1. The highest BCUT2D eigenvalue weighted by atomic mass is 32.1. The average Bonchev–Trinajstić information content (AvgIpc) is 3.23. The van der Waals surface area contributed by atoms with Gasteiger partial charge in [-0.05, 0) is 55.0 Å². The second-order valence-electron chi connectivity index (χ2n) is 6.07. The van der Waals surface area contributed by atoms with Crippen LogP contribution in [0.1, 0.15) is 39.4 Å². The molecule has 3 N–H and O–H groups in total. The first-order chi connectivity index (χ1) is 13.5. The fourth-order valence-corrected chi connectivity index (χ4v) is 2.79. The van der Waals surface area contributed by atoms with Crippen LogP contribution in [0.3, 0.4) is 0 Å². The fraction of sp³-hybridized carbons (Fsp3) is 0.0952. The number of amides is 2. The van der Waals surface area contributed by atoms with E-state index >= 15 is 0 Å². The second-order valence-corrected chi connectivity index (χ2v) is 6.48. The van der Waals surface area contributed by atoms with Gasteiger partial charge in [-0.25, -0.2) is 0 Å². The molecule has 0 aliphatic heterocycles. The highest BCUT2D eigenvalue weighted by Gasteiger charge is 2.13. The number of furan rings is 1. The van der Waals surface area contributed by atoms with Gasteiger partial charge in [0.2, 0.25) is 0 Å². The molecule has 6 nitrogen and oxygen atoms in total. The van der Waals surface area contributed by atoms with E-state index in [1.54, 1.807) is 30.3 Å². The predicted molar refractivity (Wildman–Crippen MR) is 111 cm³/mol. The van der Waals surface area contributed by atoms with Crippen LogP contribution in [-0.2, 0) is 0 Å². The average molecular weight is 393 g/mol. The van der Waals surface area contributed by atoms with Crippen molar-refractivity contribution in [2.75, 3.05) is 5.32 Å². The third-order valence-electron chi connectivity index (χ3n) is 4.00. The molecule has 28 heavy (non-hydrogen) atoms. The number of anilines is 1. The summed E-state index contributed by atoms with van der Waals surface area (Å²) in [6.45, 7) is 1.93. The number of carbonyl (C=O) groups is 2. The van der Waals surface area contributed by atoms with Crippen LogP contribution < -0.4 is 16.0 Å². The van der Waals surface area contributed by atoms with Gasteiger partial charge in [-0.2, -0.15) is 0 Å². The summed E-state index contributed by atoms with van der Waals surface area (Å²) in [5, 5.41) is 8.48. The number of rotatable bonds is 5. The van der Waals surface area contributed by atoms with Gasteiger partial charge in [0, 0.05) is 11.3 Å². The molecule has 0 fully saturated rings. The molecule has 2 aromatic carbocycles. The maximum atomic E-state index is 12.5. The topological polar surface area (TPSA) is 83.4 Å². The Labute approximate surface area is 167 Å². The molecule has 142 valence electrons. The first-order valence-corrected chi connectivity index (χ1v) is 9.05. The Hall–Kier alpha value is -3.45. The summed E-state index contributed by atoms with van der Waals surface area (Å²) < 4.78 is 5.02. The molecule has 3 rings (SSSR count). The van der Waals surface area contributed by atoms with Crippen LogP contribution >= 0.6 is 12.2 Å². The van der Waals surface area contributed by atoms with Crippen LogP contribution in [0.2, 0.25) is 0 Å². The lowest BCUT2D eigenvalue weighted by atomic mass is 10.1. The Morgan fingerprint density at radius 2 is 1.75 bits per heavy atom. The van der Waals surface area contributed by atoms with Gasteiger partial charge in [-0.15, -0.1) is 0 Å². The van der Waals surface area contributed by atoms with E-state index in [1.807, 2.05) is 37.3 Å². The minimum Gasteiger partial charge on any atom is -0.459 e. The van der Waals surface area contributed by atoms with Crippen LogP contribution in [-0.4, -0.2) is 16.9 Å². The van der Waals surface area contributed by atoms with Gasteiger partial charge >= 0.3 is 0 Å². The van der Waals surface area contributed by atoms with Crippen molar-refractivity contribution < 1.29 is 14.0 Å². The molecule has 2 amide bonds. The fourth-order valence-electron chi connectivity index (χ4n) is 2.58. The van der Waals surface area contributed by atoms with Crippen molar-refractivity contribution in [1.82, 2.24) is 10.6 Å². The van der Waals surface area contributed by atoms with E-state index < -0.39 is 5.91 Å². The first kappa shape index (κ1) is 19.3. The molecule has 0 aliphatic rings. The van der Waals surface area contributed by atoms with E-state index in [0.717, 1.165) is 5.56 Å². The monoisotopic (exact) mass is 393 g/mol. The third-order valence-corrected chi connectivity index (χ3v) is 4.21. The molecule has 1 heterocycles. The largest absolute Gasteiger partial charge is 0.459 e. The van der Waals surface area contributed by atoms with Crippen molar-refractivity contribution in [2.45, 2.75) is 13.0 Å². The predicted octanol–water partition coefficient (Wildman–Crippen LogP) is 3.90. The van der Waals surface area contributed by atoms with Gasteiger partial charge in [0.05, 0.1) is 12.3 Å². The van der Waals surface area contributed by atoms with Crippen LogP contribution in [0, 0.1) is 0 Å². The molecule has 7 heteroatoms. The van der Waals surface area contributed by atoms with E-state index in [1.165, 1.54) is 12.3 Å². The summed E-state index contributed by atoms with van der Waals surface area (Å²) in [5.74, 6) is -0.495. The zero-order valence-corrected chi connectivity index (χ0v) is 16.0. The number of hydrogen-bond acceptors (Lipinski definition) is 4. The van der Waals surface area contributed by atoms with E-state index in [9.17, 15) is 9.59 Å². The zero-order chi connectivity index (χ0) is 19.9. The Kier molecular flexibility index (Phi) is 6.18. The smallest absolute Gasteiger partial charge is 0.293 e. The summed E-state index contributed by atoms with van der Waals surface area (Å²) in [7, 11) is 0. The van der Waals surface area contributed by atoms with E-state index in [2.05, 4.69) is 16.0 Å². The van der Waals surface area contributed by atoms with Gasteiger partial charge < -0.3 is 15.1 Å². The SMILES string of the molecule is CC(NC(=O)c1cccc(NC(=S)NC(=O)c2ccco2)c1)c1ccccc1. The van der Waals surface area contributed by atoms with Gasteiger partial charge in [0.25, 0.3) is 11.8 Å². The summed E-state index contributed by atoms with van der Waals surface area (Å²) >= 11 is 5.14. The molecule has 0 spiro atoms. The van der Waals surface area contributed by atoms with Crippen LogP contribution in [0.15, 0.2) is 77.4 Å². The number of thiocarbonyl (C=S) groups is 1. The Morgan fingerprint density at radius 3 is 2.46 bits per heavy atom. The second kappa shape index (κ2) is 8.96. The minimum atomic E-state index is -0.451. The summed E-state index contributed by atoms with van der Waals surface area (Å²) in [6.07, 6.45) is 1.41. The van der Waals surface area contributed by atoms with Crippen molar-refractivity contribution in [3.05, 3.63) is 89.9 Å². The van der Waals surface area contributed by atoms with Gasteiger partial charge in [0.15, 0.2) is 10.9 Å². The lowest BCUT2D eigenvalue weighted by Gasteiger charge is -2.15. The number of nitrogens with one attached hydrogen (secondary N) is 3. The van der Waals surface area contributed by atoms with Crippen molar-refractivity contribution in [3.63, 3.8) is 0 Å². The van der Waals surface area contributed by atoms with Gasteiger partial charge in [-0.3, -0.25) is 14.9 Å². The van der Waals surface area contributed by atoms with Crippen molar-refractivity contribution >= 4 is 34.8 Å². The van der Waals surface area contributed by atoms with Crippen molar-refractivity contribution in [3.8, 4) is 0 Å². The molecule has 0 radical (unpaired) electrons. The number of hydrogen-bond donors (Lipinski definition) is 3. The van der Waals surface area contributed by atoms with Crippen LogP contribution in [0.25, 0.3) is 0 Å². The standard InChI is InChI=1S/C21H19N3O3S/c1-14(15-7-3-2-4-8-15)22-19(25)16-9-5-10-17(13-16)23-21(28)24-20(26)18-11-6-12-27-18/h2-14H,1H3,(H,22,25)(H2,23,24,26,28). The highest BCUT2D eigenvalue weighted by Crippen LogP contribution is 2.15. The van der Waals surface area contributed by atoms with E-state index in [0.29, 0.717) is 11.3 Å². The summed E-state index contributed by atoms with van der Waals surface area (Å²) in [6, 6.07) is 19.6. The van der Waals surface area contributed by atoms with E-state index in [-0.39, 0.29) is 22.8 Å². The first-order valence-electron chi connectivity index (χ1n) is 8.64. The minimum absolute atomic E-state index is 0.108. The highest BCUT2D eigenvalue weighted by molar-refractivity contribution is 7.80. The third kappa shape index (κ3) is 5.05. The number of carbonyl (C=O) groups excluding carboxylic acids is 2. The Balaban J connectivity index is 1.61. The molecule has 1 aromatic heterocycles. The quantitative estimate of drug-likeness (QED) is 0.573. The molecule has 1 unspecified atom stereocenters. The molecule has 0 aliphatic carbocycles. The maximum absolute atomic E-state index is 12.5. The molecule has 0 bridgehead atoms. The number of benzene rings is 2. The van der Waals surface area contributed by atoms with E-state index in [4.69, 9.17) is 16.6 Å². The molecule has 3 aromatic rings. The molecule has 0 saturated carbocycles. The normalized spacial score (nSPS) is 11.3. The Bertz CT molecular complexity index is 972. The molecular formula is C21H19N3O3S. The lowest BCUT2D eigenvalue weighted by Crippen LogP contribution is -2.34. The summed E-state index contributed by atoms with van der Waals surface area (Å²) in [4.78, 5) is 24.5. The lowest BCUT2D eigenvalue weighted by molar-refractivity contribution is 0.0935. The van der Waals surface area contributed by atoms with Crippen molar-refractivity contribution in [2.24, 2.45) is 0 Å². The van der Waals surface area contributed by atoms with Crippen LogP contribution in [0.4, 0.5) is 5.69 Å². The van der Waals surface area contributed by atoms with Gasteiger partial charge in [-0.1, -0.05) is 36.4 Å². The van der Waals surface area contributed by atoms with Gasteiger partial charge in [0.1, 0.15) is 0 Å². The summed E-state index contributed by atoms with van der Waals surface area (Å²) in [5.41, 5.74) is 2.09. The molecular weight excluding hydrogens is 374 g/mol.